The van der Waals surface area contributed by atoms with Crippen LogP contribution in [0.2, 0.25) is 0 Å². The van der Waals surface area contributed by atoms with E-state index in [9.17, 15) is 9.90 Å². The average molecular weight is 391 g/mol. The molecule has 3 aromatic heterocycles. The third-order valence-corrected chi connectivity index (χ3v) is 4.40. The Morgan fingerprint density at radius 3 is 2.86 bits per heavy atom. The molecule has 4 N–H and O–H groups in total. The fourth-order valence-corrected chi connectivity index (χ4v) is 3.04. The van der Waals surface area contributed by atoms with Gasteiger partial charge in [-0.05, 0) is 26.0 Å². The number of hydrogen-bond acceptors (Lipinski definition) is 6. The van der Waals surface area contributed by atoms with Crippen molar-refractivity contribution in [2.75, 3.05) is 5.32 Å². The summed E-state index contributed by atoms with van der Waals surface area (Å²) in [5.41, 5.74) is 3.41. The topological polar surface area (TPSA) is 120 Å². The van der Waals surface area contributed by atoms with Crippen LogP contribution in [0.4, 0.5) is 5.82 Å². The van der Waals surface area contributed by atoms with Crippen LogP contribution in [-0.2, 0) is 6.54 Å². The second kappa shape index (κ2) is 7.63. The number of carbonyl (C=O) groups is 1. The average Bonchev–Trinajstić information content (AvgIpc) is 3.35. The van der Waals surface area contributed by atoms with Gasteiger partial charge in [0, 0.05) is 42.3 Å². The SMILES string of the molecule is CC(C)NC(=O)c1ccc(-c2cnc3c(NCc4cn[nH]c4)nccn23)cc1O. The van der Waals surface area contributed by atoms with Gasteiger partial charge in [0.05, 0.1) is 23.7 Å². The minimum Gasteiger partial charge on any atom is -0.507 e. The van der Waals surface area contributed by atoms with Crippen molar-refractivity contribution in [3.05, 3.63) is 60.3 Å². The van der Waals surface area contributed by atoms with E-state index >= 15 is 0 Å². The van der Waals surface area contributed by atoms with E-state index in [-0.39, 0.29) is 23.3 Å². The smallest absolute Gasteiger partial charge is 0.255 e. The highest BCUT2D eigenvalue weighted by atomic mass is 16.3. The fourth-order valence-electron chi connectivity index (χ4n) is 3.04. The molecule has 1 aromatic carbocycles. The van der Waals surface area contributed by atoms with Crippen molar-refractivity contribution in [3.8, 4) is 17.0 Å². The number of carbonyl (C=O) groups excluding carboxylic acids is 1. The van der Waals surface area contributed by atoms with Crippen LogP contribution in [-0.4, -0.2) is 41.6 Å². The van der Waals surface area contributed by atoms with E-state index < -0.39 is 0 Å². The number of phenolic OH excluding ortho intramolecular Hbond substituents is 1. The highest BCUT2D eigenvalue weighted by Crippen LogP contribution is 2.28. The molecule has 0 saturated carbocycles. The summed E-state index contributed by atoms with van der Waals surface area (Å²) >= 11 is 0. The highest BCUT2D eigenvalue weighted by molar-refractivity contribution is 5.97. The number of nitrogens with one attached hydrogen (secondary N) is 3. The van der Waals surface area contributed by atoms with E-state index in [0.717, 1.165) is 16.8 Å². The van der Waals surface area contributed by atoms with Crippen molar-refractivity contribution >= 4 is 17.4 Å². The zero-order valence-electron chi connectivity index (χ0n) is 16.0. The van der Waals surface area contributed by atoms with Crippen LogP contribution in [0.1, 0.15) is 29.8 Å². The lowest BCUT2D eigenvalue weighted by Gasteiger charge is -2.11. The number of phenols is 1. The van der Waals surface area contributed by atoms with Gasteiger partial charge in [-0.3, -0.25) is 14.3 Å². The third-order valence-electron chi connectivity index (χ3n) is 4.40. The van der Waals surface area contributed by atoms with Crippen molar-refractivity contribution in [1.29, 1.82) is 0 Å². The molecule has 29 heavy (non-hydrogen) atoms. The van der Waals surface area contributed by atoms with E-state index in [0.29, 0.717) is 18.0 Å². The van der Waals surface area contributed by atoms with E-state index in [4.69, 9.17) is 0 Å². The van der Waals surface area contributed by atoms with Crippen molar-refractivity contribution in [1.82, 2.24) is 29.9 Å². The number of H-pyrrole nitrogens is 1. The summed E-state index contributed by atoms with van der Waals surface area (Å²) in [6.07, 6.45) is 8.74. The molecule has 0 aliphatic heterocycles. The quantitative estimate of drug-likeness (QED) is 0.401. The Morgan fingerprint density at radius 1 is 1.28 bits per heavy atom. The van der Waals surface area contributed by atoms with Crippen molar-refractivity contribution in [2.45, 2.75) is 26.4 Å². The number of benzene rings is 1. The summed E-state index contributed by atoms with van der Waals surface area (Å²) in [6.45, 7) is 4.30. The maximum Gasteiger partial charge on any atom is 0.255 e. The molecule has 9 nitrogen and oxygen atoms in total. The molecule has 3 heterocycles. The van der Waals surface area contributed by atoms with Gasteiger partial charge >= 0.3 is 0 Å². The molecule has 0 aliphatic rings. The Labute approximate surface area is 166 Å². The zero-order chi connectivity index (χ0) is 20.4. The van der Waals surface area contributed by atoms with E-state index in [1.807, 2.05) is 24.4 Å². The first-order valence-electron chi connectivity index (χ1n) is 9.21. The zero-order valence-corrected chi connectivity index (χ0v) is 16.0. The van der Waals surface area contributed by atoms with Gasteiger partial charge in [0.1, 0.15) is 5.75 Å². The molecule has 4 rings (SSSR count). The number of fused-ring (bicyclic) bond motifs is 1. The van der Waals surface area contributed by atoms with Crippen LogP contribution in [0.25, 0.3) is 16.9 Å². The van der Waals surface area contributed by atoms with Crippen LogP contribution in [0, 0.1) is 0 Å². The van der Waals surface area contributed by atoms with Crippen LogP contribution in [0.15, 0.2) is 49.2 Å². The summed E-state index contributed by atoms with van der Waals surface area (Å²) in [6, 6.07) is 4.96. The molecular formula is C20H21N7O2. The number of aromatic nitrogens is 5. The number of nitrogens with zero attached hydrogens (tertiary/aromatic N) is 4. The van der Waals surface area contributed by atoms with Crippen LogP contribution in [0.5, 0.6) is 5.75 Å². The molecule has 0 bridgehead atoms. The fraction of sp³-hybridized carbons (Fsp3) is 0.200. The highest BCUT2D eigenvalue weighted by Gasteiger charge is 2.15. The maximum absolute atomic E-state index is 12.2. The Morgan fingerprint density at radius 2 is 2.14 bits per heavy atom. The molecular weight excluding hydrogens is 370 g/mol. The standard InChI is InChI=1S/C20H21N7O2/c1-12(2)26-20(29)15-4-3-14(7-17(15)28)16-11-23-19-18(21-5-6-27(16)19)22-8-13-9-24-25-10-13/h3-7,9-12,28H,8H2,1-2H3,(H,21,22)(H,24,25)(H,26,29). The van der Waals surface area contributed by atoms with Crippen molar-refractivity contribution < 1.29 is 9.90 Å². The molecule has 0 saturated heterocycles. The monoisotopic (exact) mass is 391 g/mol. The summed E-state index contributed by atoms with van der Waals surface area (Å²) in [4.78, 5) is 21.0. The minimum atomic E-state index is -0.308. The van der Waals surface area contributed by atoms with E-state index in [2.05, 4.69) is 30.8 Å². The van der Waals surface area contributed by atoms with Crippen molar-refractivity contribution in [3.63, 3.8) is 0 Å². The lowest BCUT2D eigenvalue weighted by Crippen LogP contribution is -2.30. The van der Waals surface area contributed by atoms with Crippen molar-refractivity contribution in [2.24, 2.45) is 0 Å². The molecule has 0 radical (unpaired) electrons. The number of imidazole rings is 1. The van der Waals surface area contributed by atoms with Gasteiger partial charge in [-0.15, -0.1) is 0 Å². The molecule has 9 heteroatoms. The lowest BCUT2D eigenvalue weighted by atomic mass is 10.1. The van der Waals surface area contributed by atoms with E-state index in [1.54, 1.807) is 43.0 Å². The molecule has 4 aromatic rings. The molecule has 0 aliphatic carbocycles. The first kappa shape index (κ1) is 18.5. The molecule has 0 atom stereocenters. The first-order chi connectivity index (χ1) is 14.0. The normalized spacial score (nSPS) is 11.1. The lowest BCUT2D eigenvalue weighted by molar-refractivity contribution is 0.0940. The largest absolute Gasteiger partial charge is 0.507 e. The Bertz CT molecular complexity index is 1150. The van der Waals surface area contributed by atoms with Gasteiger partial charge in [-0.25, -0.2) is 9.97 Å². The number of rotatable bonds is 6. The molecule has 1 amide bonds. The maximum atomic E-state index is 12.2. The second-order valence-electron chi connectivity index (χ2n) is 6.93. The molecule has 0 spiro atoms. The Kier molecular flexibility index (Phi) is 4.86. The summed E-state index contributed by atoms with van der Waals surface area (Å²) < 4.78 is 1.88. The first-order valence-corrected chi connectivity index (χ1v) is 9.21. The summed E-state index contributed by atoms with van der Waals surface area (Å²) in [5, 5.41) is 23.1. The predicted molar refractivity (Wildman–Crippen MR) is 109 cm³/mol. The van der Waals surface area contributed by atoms with Gasteiger partial charge in [-0.2, -0.15) is 5.10 Å². The molecule has 0 fully saturated rings. The minimum absolute atomic E-state index is 0.0131. The van der Waals surface area contributed by atoms with Crippen LogP contribution >= 0.6 is 0 Å². The van der Waals surface area contributed by atoms with E-state index in [1.165, 1.54) is 0 Å². The number of aromatic hydroxyl groups is 1. The Balaban J connectivity index is 1.63. The second-order valence-corrected chi connectivity index (χ2v) is 6.93. The van der Waals surface area contributed by atoms with Gasteiger partial charge in [0.15, 0.2) is 11.5 Å². The Hall–Kier alpha value is -3.88. The molecule has 148 valence electrons. The van der Waals surface area contributed by atoms with Gasteiger partial charge < -0.3 is 15.7 Å². The third kappa shape index (κ3) is 3.75. The van der Waals surface area contributed by atoms with Crippen LogP contribution in [0.3, 0.4) is 0 Å². The summed E-state index contributed by atoms with van der Waals surface area (Å²) in [5.74, 6) is 0.247. The predicted octanol–water partition coefficient (Wildman–Crippen LogP) is 2.58. The number of aromatic amines is 1. The van der Waals surface area contributed by atoms with Gasteiger partial charge in [-0.1, -0.05) is 6.07 Å². The molecule has 0 unspecified atom stereocenters. The number of anilines is 1. The van der Waals surface area contributed by atoms with Crippen LogP contribution < -0.4 is 10.6 Å². The van der Waals surface area contributed by atoms with Gasteiger partial charge in [0.25, 0.3) is 5.91 Å². The van der Waals surface area contributed by atoms with Gasteiger partial charge in [0.2, 0.25) is 0 Å². The number of amides is 1. The summed E-state index contributed by atoms with van der Waals surface area (Å²) in [7, 11) is 0. The number of hydrogen-bond donors (Lipinski definition) is 4.